The number of nitrogens with zero attached hydrogens (tertiary/aromatic N) is 3. The van der Waals surface area contributed by atoms with Gasteiger partial charge in [0.15, 0.2) is 11.2 Å². The molecule has 2 aromatic rings. The molecule has 2 rings (SSSR count). The first kappa shape index (κ1) is 20.1. The van der Waals surface area contributed by atoms with E-state index >= 15 is 0 Å². The molecule has 0 aliphatic heterocycles. The van der Waals surface area contributed by atoms with E-state index in [0.29, 0.717) is 6.42 Å². The minimum atomic E-state index is -3.32. The Morgan fingerprint density at radius 3 is 2.59 bits per heavy atom. The van der Waals surface area contributed by atoms with Gasteiger partial charge < -0.3 is 25.6 Å². The van der Waals surface area contributed by atoms with Crippen LogP contribution in [-0.2, 0) is 21.0 Å². The average Bonchev–Trinajstić information content (AvgIpc) is 3.06. The molecule has 180 valence electrons. The molecule has 2 aromatic heterocycles. The molecular formula is C21H36N6O5. The van der Waals surface area contributed by atoms with Crippen LogP contribution in [-0.4, -0.2) is 61.9 Å². The van der Waals surface area contributed by atoms with Crippen molar-refractivity contribution >= 4 is 23.1 Å². The highest BCUT2D eigenvalue weighted by molar-refractivity contribution is 5.81. The molecular weight excluding hydrogens is 416 g/mol. The second kappa shape index (κ2) is 9.97. The number of H-pyrrole nitrogens is 1. The fourth-order valence-corrected chi connectivity index (χ4v) is 3.80. The van der Waals surface area contributed by atoms with Gasteiger partial charge in [0.05, 0.1) is 12.0 Å². The van der Waals surface area contributed by atoms with Gasteiger partial charge in [0.1, 0.15) is 30.3 Å². The Hall–Kier alpha value is -2.50. The lowest BCUT2D eigenvalue weighted by Crippen LogP contribution is -2.56. The zero-order chi connectivity index (χ0) is 27.9. The summed E-state index contributed by atoms with van der Waals surface area (Å²) in [5.74, 6) is -1.13. The van der Waals surface area contributed by atoms with Crippen molar-refractivity contribution in [3.63, 3.8) is 0 Å². The number of aromatic nitrogens is 4. The van der Waals surface area contributed by atoms with Gasteiger partial charge in [0.2, 0.25) is 5.95 Å². The first-order valence-corrected chi connectivity index (χ1v) is 10.4. The quantitative estimate of drug-likeness (QED) is 0.361. The summed E-state index contributed by atoms with van der Waals surface area (Å²) < 4.78 is 44.9. The van der Waals surface area contributed by atoms with Gasteiger partial charge in [-0.05, 0) is 39.7 Å². The van der Waals surface area contributed by atoms with E-state index in [1.165, 1.54) is 11.5 Å². The molecule has 5 N–H and O–H groups in total. The number of anilines is 1. The number of hydrogen-bond acceptors (Lipinski definition) is 9. The summed E-state index contributed by atoms with van der Waals surface area (Å²) in [7, 11) is 1.55. The maximum absolute atomic E-state index is 13.3. The molecule has 0 fully saturated rings. The number of carbonyl (C=O) groups excluding carboxylic acids is 1. The number of nitrogens with two attached hydrogens (primary N) is 1. The molecule has 0 saturated carbocycles. The zero-order valence-corrected chi connectivity index (χ0v) is 19.6. The van der Waals surface area contributed by atoms with Gasteiger partial charge in [0, 0.05) is 0 Å². The summed E-state index contributed by atoms with van der Waals surface area (Å²) in [5.41, 5.74) is 0.936. The van der Waals surface area contributed by atoms with Crippen LogP contribution in [0.2, 0.25) is 0 Å². The van der Waals surface area contributed by atoms with E-state index < -0.39 is 42.5 Å². The van der Waals surface area contributed by atoms with Crippen molar-refractivity contribution < 1.29 is 24.9 Å². The minimum Gasteiger partial charge on any atom is -0.461 e. The standard InChI is InChI=1S/C21H36N6O5/c1-8-14(12(2)3)21(6,23-7)18(30)31-10-20(5,9-28)32-11-27-13(4)24-15-16(27)25-19(22)26-17(15)29/h12,14,23,28H,8-11H2,1-7H3,(H3,22,25,26,29)/t14-,20?,21?/m1/s1/i9D2,10D2. The summed E-state index contributed by atoms with van der Waals surface area (Å²) in [6.07, 6.45) is 0.587. The summed E-state index contributed by atoms with van der Waals surface area (Å²) in [5, 5.41) is 13.2. The number of imidazole rings is 1. The lowest BCUT2D eigenvalue weighted by molar-refractivity contribution is -0.172. The van der Waals surface area contributed by atoms with Gasteiger partial charge in [-0.3, -0.25) is 19.1 Å². The molecule has 0 bridgehead atoms. The number of fused-ring (bicyclic) bond motifs is 1. The number of aryl methyl sites for hydroxylation is 1. The molecule has 3 atom stereocenters. The first-order valence-electron chi connectivity index (χ1n) is 12.4. The van der Waals surface area contributed by atoms with Crippen molar-refractivity contribution in [1.82, 2.24) is 24.8 Å². The second-order valence-corrected chi connectivity index (χ2v) is 8.33. The minimum absolute atomic E-state index is 0.0117. The van der Waals surface area contributed by atoms with Gasteiger partial charge in [0.25, 0.3) is 5.56 Å². The van der Waals surface area contributed by atoms with Crippen LogP contribution in [0.4, 0.5) is 5.95 Å². The number of aliphatic hydroxyl groups is 1. The van der Waals surface area contributed by atoms with Crippen LogP contribution in [0.15, 0.2) is 4.79 Å². The van der Waals surface area contributed by atoms with Crippen LogP contribution >= 0.6 is 0 Å². The van der Waals surface area contributed by atoms with E-state index in [-0.39, 0.29) is 34.8 Å². The monoisotopic (exact) mass is 456 g/mol. The van der Waals surface area contributed by atoms with Crippen molar-refractivity contribution in [2.75, 3.05) is 25.9 Å². The summed E-state index contributed by atoms with van der Waals surface area (Å²) >= 11 is 0. The van der Waals surface area contributed by atoms with Crippen LogP contribution in [0.3, 0.4) is 0 Å². The molecule has 32 heavy (non-hydrogen) atoms. The Morgan fingerprint density at radius 2 is 2.06 bits per heavy atom. The van der Waals surface area contributed by atoms with Crippen LogP contribution in [0.5, 0.6) is 0 Å². The van der Waals surface area contributed by atoms with Gasteiger partial charge >= 0.3 is 5.97 Å². The highest BCUT2D eigenvalue weighted by Crippen LogP contribution is 2.29. The van der Waals surface area contributed by atoms with Gasteiger partial charge in [-0.2, -0.15) is 4.98 Å². The SMILES string of the molecule is [2H]C([2H])(O)C(C)(OCn1c(C)nc2c(=O)[nH]c(N)nc21)C([2H])([2H])OC(=O)C(C)(NC)[C@H](CC)C(C)C. The van der Waals surface area contributed by atoms with Gasteiger partial charge in [-0.25, -0.2) is 4.98 Å². The summed E-state index contributed by atoms with van der Waals surface area (Å²) in [4.78, 5) is 35.8. The third-order valence-electron chi connectivity index (χ3n) is 5.78. The predicted molar refractivity (Wildman–Crippen MR) is 121 cm³/mol. The molecule has 2 heterocycles. The Labute approximate surface area is 193 Å². The van der Waals surface area contributed by atoms with E-state index in [1.54, 1.807) is 14.0 Å². The summed E-state index contributed by atoms with van der Waals surface area (Å²) in [6.45, 7) is 2.73. The third kappa shape index (κ3) is 5.11. The fourth-order valence-electron chi connectivity index (χ4n) is 3.80. The number of rotatable bonds is 11. The average molecular weight is 457 g/mol. The van der Waals surface area contributed by atoms with Crippen LogP contribution in [0, 0.1) is 18.8 Å². The number of carbonyl (C=O) groups is 1. The third-order valence-corrected chi connectivity index (χ3v) is 5.78. The van der Waals surface area contributed by atoms with Crippen molar-refractivity contribution in [3.05, 3.63) is 16.2 Å². The second-order valence-electron chi connectivity index (χ2n) is 8.33. The number of likely N-dealkylation sites (N-methyl/N-ethyl adjacent to an activating group) is 1. The largest absolute Gasteiger partial charge is 0.461 e. The number of aromatic amines is 1. The topological polar surface area (TPSA) is 157 Å². The van der Waals surface area contributed by atoms with Crippen molar-refractivity contribution in [2.24, 2.45) is 11.8 Å². The molecule has 2 unspecified atom stereocenters. The van der Waals surface area contributed by atoms with Crippen LogP contribution < -0.4 is 16.6 Å². The molecule has 0 amide bonds. The lowest BCUT2D eigenvalue weighted by Gasteiger charge is -2.38. The molecule has 11 heteroatoms. The maximum Gasteiger partial charge on any atom is 0.326 e. The first-order chi connectivity index (χ1) is 16.4. The van der Waals surface area contributed by atoms with E-state index in [1.807, 2.05) is 20.8 Å². The molecule has 0 aliphatic rings. The van der Waals surface area contributed by atoms with Gasteiger partial charge in [-0.15, -0.1) is 0 Å². The van der Waals surface area contributed by atoms with Crippen molar-refractivity contribution in [3.8, 4) is 0 Å². The van der Waals surface area contributed by atoms with Crippen molar-refractivity contribution in [1.29, 1.82) is 0 Å². The Bertz CT molecular complexity index is 1160. The smallest absolute Gasteiger partial charge is 0.326 e. The van der Waals surface area contributed by atoms with Crippen molar-refractivity contribution in [2.45, 2.75) is 65.8 Å². The number of nitrogen functional groups attached to an aromatic ring is 1. The molecule has 0 aliphatic carbocycles. The van der Waals surface area contributed by atoms with Crippen LogP contribution in [0.25, 0.3) is 11.2 Å². The zero-order valence-electron chi connectivity index (χ0n) is 23.6. The maximum atomic E-state index is 13.3. The Kier molecular flexibility index (Phi) is 6.27. The number of esters is 1. The molecule has 0 radical (unpaired) electrons. The number of ether oxygens (including phenoxy) is 2. The van der Waals surface area contributed by atoms with Gasteiger partial charge in [-0.1, -0.05) is 27.2 Å². The molecule has 11 nitrogen and oxygen atoms in total. The highest BCUT2D eigenvalue weighted by Gasteiger charge is 2.43. The number of hydrogen-bond donors (Lipinski definition) is 4. The Balaban J connectivity index is 2.46. The normalized spacial score (nSPS) is 19.4. The highest BCUT2D eigenvalue weighted by atomic mass is 16.6. The van der Waals surface area contributed by atoms with E-state index in [9.17, 15) is 14.7 Å². The molecule has 0 aromatic carbocycles. The fraction of sp³-hybridized carbons (Fsp3) is 0.714. The van der Waals surface area contributed by atoms with Crippen LogP contribution in [0.1, 0.15) is 52.3 Å². The Morgan fingerprint density at radius 1 is 1.41 bits per heavy atom. The molecule has 0 spiro atoms. The number of nitrogens with one attached hydrogen (secondary N) is 2. The predicted octanol–water partition coefficient (Wildman–Crippen LogP) is 0.939. The van der Waals surface area contributed by atoms with E-state index in [2.05, 4.69) is 20.3 Å². The van der Waals surface area contributed by atoms with E-state index in [0.717, 1.165) is 6.92 Å². The van der Waals surface area contributed by atoms with E-state index in [4.69, 9.17) is 20.7 Å². The molecule has 0 saturated heterocycles. The summed E-state index contributed by atoms with van der Waals surface area (Å²) in [6, 6.07) is 0. The lowest BCUT2D eigenvalue weighted by atomic mass is 9.76.